The van der Waals surface area contributed by atoms with Crippen LogP contribution in [-0.4, -0.2) is 24.8 Å². The van der Waals surface area contributed by atoms with Gasteiger partial charge >= 0.3 is 0 Å². The Kier molecular flexibility index (Phi) is 1.75. The third-order valence-electron chi connectivity index (χ3n) is 1.06. The van der Waals surface area contributed by atoms with Crippen LogP contribution in [0.1, 0.15) is 13.8 Å². The van der Waals surface area contributed by atoms with Gasteiger partial charge in [0.2, 0.25) is 0 Å². The number of alkyl halides is 1. The van der Waals surface area contributed by atoms with E-state index < -0.39 is 5.79 Å². The average molecular weight is 105 g/mol. The number of halogens is 1. The van der Waals surface area contributed by atoms with E-state index in [4.69, 9.17) is 0 Å². The van der Waals surface area contributed by atoms with E-state index in [0.29, 0.717) is 0 Å². The average Bonchev–Trinajstić information content (AvgIpc) is 1.31. The fraction of sp³-hybridized carbons (Fsp3) is 1.00. The summed E-state index contributed by atoms with van der Waals surface area (Å²) < 4.78 is 12.4. The minimum atomic E-state index is -1.17. The summed E-state index contributed by atoms with van der Waals surface area (Å²) in [5, 5.41) is 0. The van der Waals surface area contributed by atoms with E-state index in [1.165, 1.54) is 18.7 Å². The van der Waals surface area contributed by atoms with E-state index in [9.17, 15) is 4.39 Å². The predicted octanol–water partition coefficient (Wildman–Crippen LogP) is 1.25. The van der Waals surface area contributed by atoms with Gasteiger partial charge in [-0.25, -0.2) is 4.39 Å². The van der Waals surface area contributed by atoms with Crippen LogP contribution in [0.15, 0.2) is 0 Å². The zero-order valence-electron chi connectivity index (χ0n) is 5.33. The molecule has 0 aliphatic heterocycles. The van der Waals surface area contributed by atoms with Gasteiger partial charge in [0.05, 0.1) is 0 Å². The van der Waals surface area contributed by atoms with Gasteiger partial charge in [-0.15, -0.1) is 0 Å². The molecule has 1 nitrogen and oxygen atoms in total. The van der Waals surface area contributed by atoms with Crippen molar-refractivity contribution < 1.29 is 4.39 Å². The summed E-state index contributed by atoms with van der Waals surface area (Å²) in [6, 6.07) is 0. The molecule has 0 amide bonds. The zero-order valence-corrected chi connectivity index (χ0v) is 5.33. The van der Waals surface area contributed by atoms with Crippen molar-refractivity contribution in [3.8, 4) is 0 Å². The van der Waals surface area contributed by atoms with Crippen LogP contribution < -0.4 is 0 Å². The number of rotatable bonds is 1. The normalized spacial score (nSPS) is 12.9. The molecule has 2 heteroatoms. The topological polar surface area (TPSA) is 3.24 Å². The lowest BCUT2D eigenvalue weighted by molar-refractivity contribution is 0.0416. The molecule has 0 bridgehead atoms. The first-order valence-electron chi connectivity index (χ1n) is 2.31. The van der Waals surface area contributed by atoms with Gasteiger partial charge in [-0.1, -0.05) is 0 Å². The van der Waals surface area contributed by atoms with E-state index >= 15 is 0 Å². The second kappa shape index (κ2) is 1.78. The molecule has 0 aliphatic carbocycles. The molecule has 0 radical (unpaired) electrons. The Hall–Kier alpha value is -0.110. The van der Waals surface area contributed by atoms with Crippen LogP contribution >= 0.6 is 0 Å². The Balaban J connectivity index is 3.54. The predicted molar refractivity (Wildman–Crippen MR) is 28.9 cm³/mol. The SMILES string of the molecule is CN(C)C(C)(C)F. The molecule has 0 saturated heterocycles. The van der Waals surface area contributed by atoms with Gasteiger partial charge in [0.15, 0.2) is 5.79 Å². The van der Waals surface area contributed by atoms with Crippen LogP contribution in [0.3, 0.4) is 0 Å². The maximum Gasteiger partial charge on any atom is 0.157 e. The smallest absolute Gasteiger partial charge is 0.157 e. The Bertz CT molecular complexity index is 53.6. The minimum Gasteiger partial charge on any atom is -0.278 e. The third kappa shape index (κ3) is 2.57. The van der Waals surface area contributed by atoms with Crippen molar-refractivity contribution in [2.24, 2.45) is 0 Å². The van der Waals surface area contributed by atoms with Crippen molar-refractivity contribution in [1.82, 2.24) is 4.90 Å². The largest absolute Gasteiger partial charge is 0.278 e. The maximum atomic E-state index is 12.4. The Morgan fingerprint density at radius 3 is 1.43 bits per heavy atom. The highest BCUT2D eigenvalue weighted by molar-refractivity contribution is 4.59. The summed E-state index contributed by atoms with van der Waals surface area (Å²) in [5.41, 5.74) is 0. The van der Waals surface area contributed by atoms with Gasteiger partial charge in [-0.3, -0.25) is 4.90 Å². The summed E-state index contributed by atoms with van der Waals surface area (Å²) in [7, 11) is 3.42. The van der Waals surface area contributed by atoms with Gasteiger partial charge in [0, 0.05) is 0 Å². The highest BCUT2D eigenvalue weighted by Gasteiger charge is 2.16. The molecule has 7 heavy (non-hydrogen) atoms. The molecule has 0 N–H and O–H groups in total. The van der Waals surface area contributed by atoms with Crippen molar-refractivity contribution in [3.63, 3.8) is 0 Å². The van der Waals surface area contributed by atoms with E-state index in [2.05, 4.69) is 0 Å². The first-order valence-corrected chi connectivity index (χ1v) is 2.31. The van der Waals surface area contributed by atoms with Crippen molar-refractivity contribution in [2.45, 2.75) is 19.6 Å². The van der Waals surface area contributed by atoms with Gasteiger partial charge < -0.3 is 0 Å². The summed E-state index contributed by atoms with van der Waals surface area (Å²) in [6.07, 6.45) is 0. The quantitative estimate of drug-likeness (QED) is 0.454. The standard InChI is InChI=1S/C5H12FN/c1-5(2,6)7(3)4/h1-4H3. The van der Waals surface area contributed by atoms with Gasteiger partial charge in [0.1, 0.15) is 0 Å². The molecule has 0 aromatic carbocycles. The molecule has 0 fully saturated rings. The molecule has 0 aromatic rings. The van der Waals surface area contributed by atoms with Crippen molar-refractivity contribution in [1.29, 1.82) is 0 Å². The molecule has 44 valence electrons. The molecule has 0 rings (SSSR count). The van der Waals surface area contributed by atoms with Crippen LogP contribution in [-0.2, 0) is 0 Å². The van der Waals surface area contributed by atoms with E-state index in [-0.39, 0.29) is 0 Å². The second-order valence-corrected chi connectivity index (χ2v) is 2.30. The van der Waals surface area contributed by atoms with Crippen molar-refractivity contribution in [2.75, 3.05) is 14.1 Å². The fourth-order valence-corrected chi connectivity index (χ4v) is 0. The highest BCUT2D eigenvalue weighted by atomic mass is 19.1. The van der Waals surface area contributed by atoms with Gasteiger partial charge in [0.25, 0.3) is 0 Å². The van der Waals surface area contributed by atoms with Crippen LogP contribution in [0.5, 0.6) is 0 Å². The summed E-state index contributed by atoms with van der Waals surface area (Å²) in [5.74, 6) is -1.17. The monoisotopic (exact) mass is 105 g/mol. The first kappa shape index (κ1) is 6.89. The summed E-state index contributed by atoms with van der Waals surface area (Å²) >= 11 is 0. The molecular formula is C5H12FN. The molecule has 0 spiro atoms. The fourth-order valence-electron chi connectivity index (χ4n) is 0. The van der Waals surface area contributed by atoms with Crippen LogP contribution in [0.2, 0.25) is 0 Å². The molecule has 0 saturated carbocycles. The minimum absolute atomic E-state index is 1.17. The number of nitrogens with zero attached hydrogens (tertiary/aromatic N) is 1. The lowest BCUT2D eigenvalue weighted by atomic mass is 10.3. The van der Waals surface area contributed by atoms with Crippen LogP contribution in [0.4, 0.5) is 4.39 Å². The van der Waals surface area contributed by atoms with Crippen LogP contribution in [0, 0.1) is 0 Å². The van der Waals surface area contributed by atoms with Crippen molar-refractivity contribution in [3.05, 3.63) is 0 Å². The molecule has 0 heterocycles. The molecule has 0 aromatic heterocycles. The zero-order chi connectivity index (χ0) is 6.08. The highest BCUT2D eigenvalue weighted by Crippen LogP contribution is 2.09. The summed E-state index contributed by atoms with van der Waals surface area (Å²) in [6.45, 7) is 3.04. The summed E-state index contributed by atoms with van der Waals surface area (Å²) in [4.78, 5) is 1.52. The molecule has 0 aliphatic rings. The van der Waals surface area contributed by atoms with Crippen molar-refractivity contribution >= 4 is 0 Å². The number of hydrogen-bond acceptors (Lipinski definition) is 1. The first-order chi connectivity index (χ1) is 2.94. The lowest BCUT2D eigenvalue weighted by Crippen LogP contribution is -2.32. The van der Waals surface area contributed by atoms with Crippen LogP contribution in [0.25, 0.3) is 0 Å². The Labute approximate surface area is 44.1 Å². The Morgan fingerprint density at radius 2 is 1.43 bits per heavy atom. The van der Waals surface area contributed by atoms with E-state index in [1.54, 1.807) is 14.1 Å². The molecule has 0 unspecified atom stereocenters. The lowest BCUT2D eigenvalue weighted by Gasteiger charge is -2.22. The third-order valence-corrected chi connectivity index (χ3v) is 1.06. The number of hydrogen-bond donors (Lipinski definition) is 0. The van der Waals surface area contributed by atoms with E-state index in [0.717, 1.165) is 0 Å². The second-order valence-electron chi connectivity index (χ2n) is 2.30. The van der Waals surface area contributed by atoms with Gasteiger partial charge in [-0.05, 0) is 27.9 Å². The Morgan fingerprint density at radius 1 is 1.29 bits per heavy atom. The molecule has 0 atom stereocenters. The van der Waals surface area contributed by atoms with Gasteiger partial charge in [-0.2, -0.15) is 0 Å². The molecular weight excluding hydrogens is 93.1 g/mol. The maximum absolute atomic E-state index is 12.4. The van der Waals surface area contributed by atoms with E-state index in [1.807, 2.05) is 0 Å².